The monoisotopic (exact) mass is 588 g/mol. The van der Waals surface area contributed by atoms with Gasteiger partial charge in [0.05, 0.1) is 23.5 Å². The smallest absolute Gasteiger partial charge is 0.344 e. The zero-order valence-electron chi connectivity index (χ0n) is 20.3. The van der Waals surface area contributed by atoms with Crippen molar-refractivity contribution < 1.29 is 13.2 Å². The van der Waals surface area contributed by atoms with E-state index in [-0.39, 0.29) is 27.7 Å². The van der Waals surface area contributed by atoms with Crippen LogP contribution in [0.4, 0.5) is 18.9 Å². The van der Waals surface area contributed by atoms with E-state index in [9.17, 15) is 13.2 Å². The summed E-state index contributed by atoms with van der Waals surface area (Å²) in [5, 5.41) is 12.6. The number of nitriles is 1. The first-order chi connectivity index (χ1) is 18.6. The van der Waals surface area contributed by atoms with Crippen molar-refractivity contribution in [3.8, 4) is 6.07 Å². The van der Waals surface area contributed by atoms with Crippen LogP contribution in [-0.4, -0.2) is 31.1 Å². The third kappa shape index (κ3) is 7.69. The number of thiocarbonyl (C=S) groups is 1. The summed E-state index contributed by atoms with van der Waals surface area (Å²) in [5.74, 6) is 0. The summed E-state index contributed by atoms with van der Waals surface area (Å²) >= 11 is 17.9. The Labute approximate surface area is 238 Å². The van der Waals surface area contributed by atoms with Crippen LogP contribution in [0.5, 0.6) is 0 Å². The van der Waals surface area contributed by atoms with Gasteiger partial charge in [0.25, 0.3) is 0 Å². The van der Waals surface area contributed by atoms with Crippen molar-refractivity contribution in [2.24, 2.45) is 0 Å². The molecule has 0 spiro atoms. The van der Waals surface area contributed by atoms with Crippen LogP contribution in [0.1, 0.15) is 27.9 Å². The fourth-order valence-electron chi connectivity index (χ4n) is 3.82. The van der Waals surface area contributed by atoms with Crippen molar-refractivity contribution in [3.05, 3.63) is 111 Å². The van der Waals surface area contributed by atoms with Gasteiger partial charge in [0.2, 0.25) is 0 Å². The van der Waals surface area contributed by atoms with Crippen LogP contribution < -0.4 is 5.32 Å². The summed E-state index contributed by atoms with van der Waals surface area (Å²) in [6.45, 7) is 1.21. The molecule has 0 aliphatic carbocycles. The molecule has 0 aliphatic rings. The van der Waals surface area contributed by atoms with Crippen LogP contribution in [0.25, 0.3) is 0 Å². The predicted molar refractivity (Wildman–Crippen MR) is 149 cm³/mol. The highest BCUT2D eigenvalue weighted by Gasteiger charge is 2.30. The number of rotatable bonds is 8. The zero-order valence-corrected chi connectivity index (χ0v) is 22.6. The SMILES string of the molecule is N#Cc1ccc(Cn2cncc2CCN(Cc2ccc(Cl)nc2Cl)C(=S)Nc2cccc(C(F)(F)F)c2)cc1. The Balaban J connectivity index is 1.52. The highest BCUT2D eigenvalue weighted by atomic mass is 35.5. The van der Waals surface area contributed by atoms with E-state index in [0.29, 0.717) is 30.6 Å². The van der Waals surface area contributed by atoms with Crippen molar-refractivity contribution in [2.75, 3.05) is 11.9 Å². The molecule has 0 unspecified atom stereocenters. The van der Waals surface area contributed by atoms with Gasteiger partial charge in [-0.2, -0.15) is 18.4 Å². The second-order valence-corrected chi connectivity index (χ2v) is 9.72. The Kier molecular flexibility index (Phi) is 9.07. The van der Waals surface area contributed by atoms with Crippen molar-refractivity contribution in [1.82, 2.24) is 19.4 Å². The molecule has 12 heteroatoms. The maximum Gasteiger partial charge on any atom is 0.416 e. The molecule has 0 bridgehead atoms. The zero-order chi connectivity index (χ0) is 28.0. The van der Waals surface area contributed by atoms with Gasteiger partial charge in [0, 0.05) is 49.2 Å². The first-order valence-corrected chi connectivity index (χ1v) is 12.8. The van der Waals surface area contributed by atoms with Gasteiger partial charge in [-0.25, -0.2) is 9.97 Å². The summed E-state index contributed by atoms with van der Waals surface area (Å²) in [6.07, 6.45) is -0.479. The van der Waals surface area contributed by atoms with Crippen LogP contribution in [0.15, 0.2) is 73.2 Å². The number of alkyl halides is 3. The van der Waals surface area contributed by atoms with Crippen LogP contribution in [-0.2, 0) is 25.7 Å². The van der Waals surface area contributed by atoms with E-state index < -0.39 is 11.7 Å². The number of nitrogens with one attached hydrogen (secondary N) is 1. The number of nitrogens with zero attached hydrogens (tertiary/aromatic N) is 5. The van der Waals surface area contributed by atoms with Gasteiger partial charge >= 0.3 is 6.18 Å². The molecule has 4 rings (SSSR count). The molecule has 0 atom stereocenters. The Hall–Kier alpha value is -3.65. The van der Waals surface area contributed by atoms with Crippen LogP contribution >= 0.6 is 35.4 Å². The van der Waals surface area contributed by atoms with E-state index >= 15 is 0 Å². The lowest BCUT2D eigenvalue weighted by Crippen LogP contribution is -2.36. The van der Waals surface area contributed by atoms with E-state index in [1.54, 1.807) is 41.7 Å². The highest BCUT2D eigenvalue weighted by molar-refractivity contribution is 7.80. The molecule has 0 saturated heterocycles. The van der Waals surface area contributed by atoms with Gasteiger partial charge in [-0.15, -0.1) is 0 Å². The maximum absolute atomic E-state index is 13.2. The van der Waals surface area contributed by atoms with Gasteiger partial charge in [-0.3, -0.25) is 0 Å². The average Bonchev–Trinajstić information content (AvgIpc) is 3.34. The largest absolute Gasteiger partial charge is 0.416 e. The maximum atomic E-state index is 13.2. The summed E-state index contributed by atoms with van der Waals surface area (Å²) in [6, 6.07) is 17.6. The fourth-order valence-corrected chi connectivity index (χ4v) is 4.50. The summed E-state index contributed by atoms with van der Waals surface area (Å²) in [4.78, 5) is 10.1. The molecule has 0 saturated carbocycles. The average molecular weight is 589 g/mol. The molecular formula is C27H21Cl2F3N6S. The Morgan fingerprint density at radius 3 is 2.56 bits per heavy atom. The topological polar surface area (TPSA) is 69.8 Å². The molecule has 2 heterocycles. The molecule has 6 nitrogen and oxygen atoms in total. The van der Waals surface area contributed by atoms with E-state index in [4.69, 9.17) is 40.7 Å². The minimum Gasteiger partial charge on any atom is -0.344 e. The van der Waals surface area contributed by atoms with E-state index in [1.165, 1.54) is 12.1 Å². The molecule has 1 N–H and O–H groups in total. The van der Waals surface area contributed by atoms with Gasteiger partial charge in [0.15, 0.2) is 5.11 Å². The number of hydrogen-bond donors (Lipinski definition) is 1. The molecule has 0 radical (unpaired) electrons. The predicted octanol–water partition coefficient (Wildman–Crippen LogP) is 6.97. The Morgan fingerprint density at radius 1 is 1.10 bits per heavy atom. The third-order valence-electron chi connectivity index (χ3n) is 5.85. The molecular weight excluding hydrogens is 568 g/mol. The number of hydrogen-bond acceptors (Lipinski definition) is 4. The van der Waals surface area contributed by atoms with Crippen LogP contribution in [0.3, 0.4) is 0 Å². The minimum atomic E-state index is -4.48. The van der Waals surface area contributed by atoms with Crippen molar-refractivity contribution in [1.29, 1.82) is 5.26 Å². The lowest BCUT2D eigenvalue weighted by Gasteiger charge is -2.27. The molecule has 2 aromatic heterocycles. The molecule has 200 valence electrons. The normalized spacial score (nSPS) is 11.2. The summed E-state index contributed by atoms with van der Waals surface area (Å²) < 4.78 is 41.6. The highest BCUT2D eigenvalue weighted by Crippen LogP contribution is 2.31. The standard InChI is InChI=1S/C27H21Cl2F3N6S/c28-24-9-8-20(25(29)36-24)16-37(26(39)35-22-3-1-2-21(12-22)27(30,31)32)11-10-23-14-34-17-38(23)15-19-6-4-18(13-33)5-7-19/h1-9,12,14,17H,10-11,15-16H2,(H,35,39). The van der Waals surface area contributed by atoms with Gasteiger partial charge in [-0.05, 0) is 54.2 Å². The number of pyridine rings is 1. The van der Waals surface area contributed by atoms with Crippen LogP contribution in [0, 0.1) is 11.3 Å². The first kappa shape index (κ1) is 28.4. The lowest BCUT2D eigenvalue weighted by molar-refractivity contribution is -0.137. The number of halogens is 5. The van der Waals surface area contributed by atoms with Crippen molar-refractivity contribution in [3.63, 3.8) is 0 Å². The second-order valence-electron chi connectivity index (χ2n) is 8.59. The number of imidazole rings is 1. The fraction of sp³-hybridized carbons (Fsp3) is 0.185. The molecule has 4 aromatic rings. The second kappa shape index (κ2) is 12.5. The lowest BCUT2D eigenvalue weighted by atomic mass is 10.1. The summed E-state index contributed by atoms with van der Waals surface area (Å²) in [7, 11) is 0. The first-order valence-electron chi connectivity index (χ1n) is 11.6. The van der Waals surface area contributed by atoms with Crippen LogP contribution in [0.2, 0.25) is 10.3 Å². The molecule has 0 amide bonds. The number of aromatic nitrogens is 3. The molecule has 0 aliphatic heterocycles. The third-order valence-corrected chi connectivity index (χ3v) is 6.75. The summed E-state index contributed by atoms with van der Waals surface area (Å²) in [5.41, 5.74) is 2.60. The molecule has 0 fully saturated rings. The molecule has 2 aromatic carbocycles. The van der Waals surface area contributed by atoms with Crippen molar-refractivity contribution >= 4 is 46.2 Å². The van der Waals surface area contributed by atoms with Gasteiger partial charge in [-0.1, -0.05) is 47.5 Å². The Morgan fingerprint density at radius 2 is 1.87 bits per heavy atom. The quantitative estimate of drug-likeness (QED) is 0.177. The minimum absolute atomic E-state index is 0.209. The van der Waals surface area contributed by atoms with E-state index in [0.717, 1.165) is 23.4 Å². The number of benzene rings is 2. The van der Waals surface area contributed by atoms with Gasteiger partial charge < -0.3 is 14.8 Å². The molecule has 39 heavy (non-hydrogen) atoms. The van der Waals surface area contributed by atoms with Gasteiger partial charge in [0.1, 0.15) is 10.3 Å². The Bertz CT molecular complexity index is 1500. The van der Waals surface area contributed by atoms with E-state index in [2.05, 4.69) is 21.4 Å². The van der Waals surface area contributed by atoms with E-state index in [1.807, 2.05) is 16.7 Å². The number of anilines is 1. The van der Waals surface area contributed by atoms with Crippen molar-refractivity contribution in [2.45, 2.75) is 25.7 Å².